The SMILES string of the molecule is Cc1ccc(S(=O)(=O)N2CCNC(=O)[C@H]2CC(=O)N[C@@H]2CCCc3cc(C4=CCNCC4)ccc32)cc1. The minimum absolute atomic E-state index is 0.124. The zero-order chi connectivity index (χ0) is 26.0. The van der Waals surface area contributed by atoms with Crippen LogP contribution in [0.25, 0.3) is 5.57 Å². The van der Waals surface area contributed by atoms with Crippen molar-refractivity contribution in [1.29, 1.82) is 0 Å². The van der Waals surface area contributed by atoms with E-state index in [9.17, 15) is 18.0 Å². The maximum Gasteiger partial charge on any atom is 0.243 e. The Kier molecular flexibility index (Phi) is 7.46. The summed E-state index contributed by atoms with van der Waals surface area (Å²) in [4.78, 5) is 26.0. The van der Waals surface area contributed by atoms with Crippen molar-refractivity contribution in [2.24, 2.45) is 0 Å². The number of hydrogen-bond acceptors (Lipinski definition) is 5. The Hall–Kier alpha value is -3.01. The Labute approximate surface area is 218 Å². The van der Waals surface area contributed by atoms with Crippen molar-refractivity contribution in [3.8, 4) is 0 Å². The summed E-state index contributed by atoms with van der Waals surface area (Å²) >= 11 is 0. The largest absolute Gasteiger partial charge is 0.353 e. The highest BCUT2D eigenvalue weighted by Crippen LogP contribution is 2.33. The Morgan fingerprint density at radius 3 is 2.68 bits per heavy atom. The third-order valence-electron chi connectivity index (χ3n) is 7.52. The summed E-state index contributed by atoms with van der Waals surface area (Å²) in [6, 6.07) is 11.8. The molecular formula is C28H34N4O4S. The van der Waals surface area contributed by atoms with Gasteiger partial charge in [-0.1, -0.05) is 42.0 Å². The van der Waals surface area contributed by atoms with Crippen LogP contribution in [0, 0.1) is 6.92 Å². The summed E-state index contributed by atoms with van der Waals surface area (Å²) < 4.78 is 27.9. The average Bonchev–Trinajstić information content (AvgIpc) is 2.90. The molecule has 0 radical (unpaired) electrons. The lowest BCUT2D eigenvalue weighted by Crippen LogP contribution is -2.58. The van der Waals surface area contributed by atoms with Crippen LogP contribution in [0.15, 0.2) is 53.4 Å². The van der Waals surface area contributed by atoms with Crippen LogP contribution in [-0.4, -0.2) is 56.8 Å². The second-order valence-electron chi connectivity index (χ2n) is 10.0. The van der Waals surface area contributed by atoms with Gasteiger partial charge in [-0.3, -0.25) is 9.59 Å². The van der Waals surface area contributed by atoms with Gasteiger partial charge >= 0.3 is 0 Å². The summed E-state index contributed by atoms with van der Waals surface area (Å²) in [5, 5.41) is 9.16. The lowest BCUT2D eigenvalue weighted by Gasteiger charge is -2.34. The molecule has 9 heteroatoms. The summed E-state index contributed by atoms with van der Waals surface area (Å²) in [6.07, 6.45) is 5.76. The lowest BCUT2D eigenvalue weighted by molar-refractivity contribution is -0.132. The highest BCUT2D eigenvalue weighted by molar-refractivity contribution is 7.89. The third kappa shape index (κ3) is 5.49. The molecule has 0 unspecified atom stereocenters. The Morgan fingerprint density at radius 2 is 1.92 bits per heavy atom. The van der Waals surface area contributed by atoms with Crippen molar-refractivity contribution >= 4 is 27.4 Å². The second kappa shape index (κ2) is 10.8. The molecule has 37 heavy (non-hydrogen) atoms. The molecule has 0 saturated carbocycles. The van der Waals surface area contributed by atoms with Crippen LogP contribution >= 0.6 is 0 Å². The Bertz CT molecular complexity index is 1320. The number of rotatable bonds is 6. The molecule has 5 rings (SSSR count). The molecule has 1 saturated heterocycles. The Balaban J connectivity index is 1.31. The number of nitrogens with zero attached hydrogens (tertiary/aromatic N) is 1. The number of sulfonamides is 1. The van der Waals surface area contributed by atoms with Crippen LogP contribution in [0.4, 0.5) is 0 Å². The maximum atomic E-state index is 13.4. The fourth-order valence-electron chi connectivity index (χ4n) is 5.50. The van der Waals surface area contributed by atoms with Gasteiger partial charge in [-0.25, -0.2) is 8.42 Å². The molecule has 196 valence electrons. The summed E-state index contributed by atoms with van der Waals surface area (Å²) in [7, 11) is -3.92. The molecule has 2 heterocycles. The highest BCUT2D eigenvalue weighted by Gasteiger charge is 2.40. The maximum absolute atomic E-state index is 13.4. The molecule has 2 amide bonds. The van der Waals surface area contributed by atoms with E-state index in [1.54, 1.807) is 24.3 Å². The van der Waals surface area contributed by atoms with E-state index in [-0.39, 0.29) is 36.4 Å². The molecule has 2 aromatic rings. The third-order valence-corrected chi connectivity index (χ3v) is 9.44. The zero-order valence-corrected chi connectivity index (χ0v) is 21.9. The van der Waals surface area contributed by atoms with E-state index < -0.39 is 22.0 Å². The highest BCUT2D eigenvalue weighted by atomic mass is 32.2. The number of fused-ring (bicyclic) bond motifs is 1. The van der Waals surface area contributed by atoms with Gasteiger partial charge < -0.3 is 16.0 Å². The van der Waals surface area contributed by atoms with Crippen molar-refractivity contribution in [2.75, 3.05) is 26.2 Å². The Morgan fingerprint density at radius 1 is 1.11 bits per heavy atom. The predicted octanol–water partition coefficient (Wildman–Crippen LogP) is 2.44. The van der Waals surface area contributed by atoms with Gasteiger partial charge in [-0.15, -0.1) is 0 Å². The van der Waals surface area contributed by atoms with Gasteiger partial charge in [0.1, 0.15) is 6.04 Å². The van der Waals surface area contributed by atoms with Gasteiger partial charge in [0.05, 0.1) is 17.4 Å². The van der Waals surface area contributed by atoms with E-state index in [0.717, 1.165) is 49.9 Å². The van der Waals surface area contributed by atoms with Gasteiger partial charge in [-0.05, 0) is 73.5 Å². The number of nitrogens with one attached hydrogen (secondary N) is 3. The number of carbonyl (C=O) groups is 2. The first-order valence-electron chi connectivity index (χ1n) is 13.0. The molecule has 0 aromatic heterocycles. The smallest absolute Gasteiger partial charge is 0.243 e. The molecule has 2 aliphatic heterocycles. The van der Waals surface area contributed by atoms with Crippen molar-refractivity contribution in [3.63, 3.8) is 0 Å². The van der Waals surface area contributed by atoms with Crippen molar-refractivity contribution in [1.82, 2.24) is 20.3 Å². The van der Waals surface area contributed by atoms with Crippen molar-refractivity contribution in [2.45, 2.75) is 56.0 Å². The van der Waals surface area contributed by atoms with Crippen LogP contribution in [-0.2, 0) is 26.0 Å². The normalized spacial score (nSPS) is 22.5. The molecule has 2 aromatic carbocycles. The molecule has 1 fully saturated rings. The molecule has 0 bridgehead atoms. The van der Waals surface area contributed by atoms with Gasteiger partial charge in [0.15, 0.2) is 0 Å². The number of benzene rings is 2. The number of carbonyl (C=O) groups excluding carboxylic acids is 2. The van der Waals surface area contributed by atoms with Crippen LogP contribution in [0.3, 0.4) is 0 Å². The first-order valence-corrected chi connectivity index (χ1v) is 14.5. The first-order chi connectivity index (χ1) is 17.8. The van der Waals surface area contributed by atoms with E-state index in [2.05, 4.69) is 40.2 Å². The zero-order valence-electron chi connectivity index (χ0n) is 21.1. The lowest BCUT2D eigenvalue weighted by atomic mass is 9.85. The molecule has 3 N–H and O–H groups in total. The first kappa shape index (κ1) is 25.6. The van der Waals surface area contributed by atoms with E-state index in [1.165, 1.54) is 21.0 Å². The standard InChI is InChI=1S/C28H34N4O4S/c1-19-5-8-23(9-6-19)37(35,36)32-16-15-30-28(34)26(32)18-27(33)31-25-4-2-3-22-17-21(7-10-24(22)25)20-11-13-29-14-12-20/h5-11,17,25-26,29H,2-4,12-16,18H2,1H3,(H,30,34)(H,31,33)/t25-,26-/m1/s1. The molecule has 8 nitrogen and oxygen atoms in total. The van der Waals surface area contributed by atoms with Gasteiger partial charge in [-0.2, -0.15) is 4.31 Å². The minimum Gasteiger partial charge on any atom is -0.353 e. The van der Waals surface area contributed by atoms with Crippen LogP contribution in [0.1, 0.15) is 54.0 Å². The summed E-state index contributed by atoms with van der Waals surface area (Å²) in [6.45, 7) is 4.09. The van der Waals surface area contributed by atoms with Crippen LogP contribution in [0.5, 0.6) is 0 Å². The van der Waals surface area contributed by atoms with Gasteiger partial charge in [0.2, 0.25) is 21.8 Å². The molecule has 3 aliphatic rings. The van der Waals surface area contributed by atoms with Crippen LogP contribution < -0.4 is 16.0 Å². The number of hydrogen-bond donors (Lipinski definition) is 3. The fraction of sp³-hybridized carbons (Fsp3) is 0.429. The van der Waals surface area contributed by atoms with E-state index in [1.807, 2.05) is 6.92 Å². The fourth-order valence-corrected chi connectivity index (χ4v) is 7.09. The minimum atomic E-state index is -3.92. The molecular weight excluding hydrogens is 488 g/mol. The van der Waals surface area contributed by atoms with E-state index in [0.29, 0.717) is 0 Å². The summed E-state index contributed by atoms with van der Waals surface area (Å²) in [5.74, 6) is -0.768. The summed E-state index contributed by atoms with van der Waals surface area (Å²) in [5.41, 5.74) is 5.88. The van der Waals surface area contributed by atoms with Crippen molar-refractivity contribution in [3.05, 3.63) is 70.8 Å². The number of piperazine rings is 1. The van der Waals surface area contributed by atoms with Gasteiger partial charge in [0.25, 0.3) is 0 Å². The number of amides is 2. The average molecular weight is 523 g/mol. The monoisotopic (exact) mass is 522 g/mol. The quantitative estimate of drug-likeness (QED) is 0.540. The topological polar surface area (TPSA) is 108 Å². The molecule has 2 atom stereocenters. The van der Waals surface area contributed by atoms with Crippen molar-refractivity contribution < 1.29 is 18.0 Å². The molecule has 1 aliphatic carbocycles. The molecule has 0 spiro atoms. The van der Waals surface area contributed by atoms with Crippen LogP contribution in [0.2, 0.25) is 0 Å². The second-order valence-corrected chi connectivity index (χ2v) is 11.9. The number of aryl methyl sites for hydroxylation is 2. The van der Waals surface area contributed by atoms with Gasteiger partial charge in [0, 0.05) is 19.6 Å². The predicted molar refractivity (Wildman–Crippen MR) is 142 cm³/mol. The van der Waals surface area contributed by atoms with E-state index in [4.69, 9.17) is 0 Å². The van der Waals surface area contributed by atoms with E-state index >= 15 is 0 Å².